The van der Waals surface area contributed by atoms with E-state index in [0.29, 0.717) is 18.2 Å². The predicted molar refractivity (Wildman–Crippen MR) is 85.8 cm³/mol. The fourth-order valence-corrected chi connectivity index (χ4v) is 3.42. The molecule has 2 saturated heterocycles. The molecule has 0 saturated carbocycles. The molecule has 2 bridgehead atoms. The molecule has 21 heavy (non-hydrogen) atoms. The Labute approximate surface area is 127 Å². The van der Waals surface area contributed by atoms with Crippen molar-refractivity contribution in [1.82, 2.24) is 10.3 Å². The molecule has 4 nitrogen and oxygen atoms in total. The standard InChI is InChI=1S/C17H27N3O/c1-11(2)18-8-16-12(3)7-13(4)19-17(16)20-9-14-5-6-15(10-20)21-14/h7,11,14-15,18H,5-6,8-10H2,1-4H3. The zero-order chi connectivity index (χ0) is 15.0. The number of ether oxygens (including phenoxy) is 1. The molecule has 2 fully saturated rings. The minimum Gasteiger partial charge on any atom is -0.371 e. The Balaban J connectivity index is 1.88. The van der Waals surface area contributed by atoms with Crippen molar-refractivity contribution < 1.29 is 4.74 Å². The van der Waals surface area contributed by atoms with Crippen molar-refractivity contribution in [3.05, 3.63) is 22.9 Å². The third kappa shape index (κ3) is 3.22. The summed E-state index contributed by atoms with van der Waals surface area (Å²) in [5.74, 6) is 1.17. The van der Waals surface area contributed by atoms with Crippen molar-refractivity contribution in [1.29, 1.82) is 0 Å². The number of rotatable bonds is 4. The molecule has 2 aliphatic rings. The van der Waals surface area contributed by atoms with Crippen LogP contribution in [-0.4, -0.2) is 36.3 Å². The second kappa shape index (κ2) is 5.93. The van der Waals surface area contributed by atoms with Crippen LogP contribution in [0.3, 0.4) is 0 Å². The molecular formula is C17H27N3O. The highest BCUT2D eigenvalue weighted by molar-refractivity contribution is 5.52. The van der Waals surface area contributed by atoms with Gasteiger partial charge >= 0.3 is 0 Å². The Hall–Kier alpha value is -1.13. The molecule has 1 N–H and O–H groups in total. The van der Waals surface area contributed by atoms with Crippen LogP contribution in [0.15, 0.2) is 6.07 Å². The highest BCUT2D eigenvalue weighted by Crippen LogP contribution is 2.31. The molecule has 0 spiro atoms. The summed E-state index contributed by atoms with van der Waals surface area (Å²) in [6, 6.07) is 2.68. The van der Waals surface area contributed by atoms with Crippen LogP contribution in [0, 0.1) is 13.8 Å². The lowest BCUT2D eigenvalue weighted by Crippen LogP contribution is -2.44. The van der Waals surface area contributed by atoms with Gasteiger partial charge in [-0.05, 0) is 38.3 Å². The quantitative estimate of drug-likeness (QED) is 0.924. The van der Waals surface area contributed by atoms with E-state index in [1.54, 1.807) is 0 Å². The number of pyridine rings is 1. The van der Waals surface area contributed by atoms with Crippen molar-refractivity contribution in [3.8, 4) is 0 Å². The first-order valence-electron chi connectivity index (χ1n) is 8.14. The van der Waals surface area contributed by atoms with E-state index in [9.17, 15) is 0 Å². The number of nitrogens with zero attached hydrogens (tertiary/aromatic N) is 2. The number of fused-ring (bicyclic) bond motifs is 2. The van der Waals surface area contributed by atoms with Gasteiger partial charge in [-0.25, -0.2) is 4.98 Å². The molecule has 2 unspecified atom stereocenters. The van der Waals surface area contributed by atoms with Crippen molar-refractivity contribution in [2.45, 2.75) is 65.3 Å². The molecule has 0 amide bonds. The molecular weight excluding hydrogens is 262 g/mol. The second-order valence-corrected chi connectivity index (χ2v) is 6.78. The van der Waals surface area contributed by atoms with E-state index in [-0.39, 0.29) is 0 Å². The molecule has 0 aliphatic carbocycles. The molecule has 4 heteroatoms. The van der Waals surface area contributed by atoms with Crippen molar-refractivity contribution in [2.24, 2.45) is 0 Å². The van der Waals surface area contributed by atoms with E-state index in [4.69, 9.17) is 9.72 Å². The Morgan fingerprint density at radius 1 is 1.29 bits per heavy atom. The summed E-state index contributed by atoms with van der Waals surface area (Å²) in [6.07, 6.45) is 3.20. The number of hydrogen-bond donors (Lipinski definition) is 1. The Morgan fingerprint density at radius 2 is 1.95 bits per heavy atom. The van der Waals surface area contributed by atoms with Crippen LogP contribution in [0.5, 0.6) is 0 Å². The molecule has 1 aromatic heterocycles. The fraction of sp³-hybridized carbons (Fsp3) is 0.706. The summed E-state index contributed by atoms with van der Waals surface area (Å²) in [6.45, 7) is 11.5. The summed E-state index contributed by atoms with van der Waals surface area (Å²) < 4.78 is 5.96. The number of anilines is 1. The highest BCUT2D eigenvalue weighted by Gasteiger charge is 2.35. The monoisotopic (exact) mass is 289 g/mol. The van der Waals surface area contributed by atoms with Crippen LogP contribution < -0.4 is 10.2 Å². The lowest BCUT2D eigenvalue weighted by Gasteiger charge is -2.35. The Kier molecular flexibility index (Phi) is 4.18. The van der Waals surface area contributed by atoms with Crippen LogP contribution in [0.2, 0.25) is 0 Å². The summed E-state index contributed by atoms with van der Waals surface area (Å²) in [4.78, 5) is 7.31. The first kappa shape index (κ1) is 14.8. The van der Waals surface area contributed by atoms with Gasteiger partial charge < -0.3 is 15.0 Å². The molecule has 116 valence electrons. The average Bonchev–Trinajstić information content (AvgIpc) is 2.75. The smallest absolute Gasteiger partial charge is 0.133 e. The maximum absolute atomic E-state index is 5.96. The molecule has 0 radical (unpaired) electrons. The molecule has 0 aromatic carbocycles. The van der Waals surface area contributed by atoms with Crippen LogP contribution in [-0.2, 0) is 11.3 Å². The molecule has 2 atom stereocenters. The SMILES string of the molecule is Cc1cc(C)c(CNC(C)C)c(N2CC3CCC(C2)O3)n1. The van der Waals surface area contributed by atoms with Gasteiger partial charge in [0.2, 0.25) is 0 Å². The van der Waals surface area contributed by atoms with Crippen LogP contribution >= 0.6 is 0 Å². The van der Waals surface area contributed by atoms with Crippen LogP contribution in [0.25, 0.3) is 0 Å². The first-order valence-corrected chi connectivity index (χ1v) is 8.14. The zero-order valence-corrected chi connectivity index (χ0v) is 13.6. The minimum absolute atomic E-state index is 0.400. The van der Waals surface area contributed by atoms with Gasteiger partial charge in [0.05, 0.1) is 12.2 Å². The largest absolute Gasteiger partial charge is 0.371 e. The maximum atomic E-state index is 5.96. The normalized spacial score (nSPS) is 24.9. The zero-order valence-electron chi connectivity index (χ0n) is 13.6. The number of hydrogen-bond acceptors (Lipinski definition) is 4. The Morgan fingerprint density at radius 3 is 2.57 bits per heavy atom. The van der Waals surface area contributed by atoms with E-state index >= 15 is 0 Å². The van der Waals surface area contributed by atoms with Gasteiger partial charge in [0.25, 0.3) is 0 Å². The van der Waals surface area contributed by atoms with Gasteiger partial charge in [0.15, 0.2) is 0 Å². The lowest BCUT2D eigenvalue weighted by molar-refractivity contribution is 0.0301. The fourth-order valence-electron chi connectivity index (χ4n) is 3.42. The second-order valence-electron chi connectivity index (χ2n) is 6.78. The van der Waals surface area contributed by atoms with E-state index in [0.717, 1.165) is 25.3 Å². The highest BCUT2D eigenvalue weighted by atomic mass is 16.5. The van der Waals surface area contributed by atoms with E-state index in [2.05, 4.69) is 44.0 Å². The molecule has 2 aliphatic heterocycles. The third-order valence-electron chi connectivity index (χ3n) is 4.48. The average molecular weight is 289 g/mol. The van der Waals surface area contributed by atoms with Gasteiger partial charge in [-0.3, -0.25) is 0 Å². The number of nitrogens with one attached hydrogen (secondary N) is 1. The van der Waals surface area contributed by atoms with Crippen LogP contribution in [0.1, 0.15) is 43.5 Å². The first-order chi connectivity index (χ1) is 10.0. The Bertz CT molecular complexity index is 503. The lowest BCUT2D eigenvalue weighted by atomic mass is 10.1. The van der Waals surface area contributed by atoms with Crippen molar-refractivity contribution >= 4 is 5.82 Å². The van der Waals surface area contributed by atoms with Gasteiger partial charge in [-0.1, -0.05) is 13.8 Å². The molecule has 1 aromatic rings. The number of aromatic nitrogens is 1. The number of aryl methyl sites for hydroxylation is 2. The number of morpholine rings is 1. The summed E-state index contributed by atoms with van der Waals surface area (Å²) in [5, 5.41) is 3.54. The summed E-state index contributed by atoms with van der Waals surface area (Å²) in [5.41, 5.74) is 3.79. The van der Waals surface area contributed by atoms with Gasteiger partial charge in [0.1, 0.15) is 5.82 Å². The van der Waals surface area contributed by atoms with Gasteiger partial charge in [0, 0.05) is 36.9 Å². The van der Waals surface area contributed by atoms with E-state index in [1.165, 1.54) is 29.8 Å². The predicted octanol–water partition coefficient (Wildman–Crippen LogP) is 2.56. The topological polar surface area (TPSA) is 37.4 Å². The van der Waals surface area contributed by atoms with Gasteiger partial charge in [-0.15, -0.1) is 0 Å². The molecule has 3 heterocycles. The molecule has 3 rings (SSSR count). The van der Waals surface area contributed by atoms with Crippen molar-refractivity contribution in [3.63, 3.8) is 0 Å². The minimum atomic E-state index is 0.400. The van der Waals surface area contributed by atoms with Crippen LogP contribution in [0.4, 0.5) is 5.82 Å². The van der Waals surface area contributed by atoms with Crippen molar-refractivity contribution in [2.75, 3.05) is 18.0 Å². The third-order valence-corrected chi connectivity index (χ3v) is 4.48. The van der Waals surface area contributed by atoms with E-state index < -0.39 is 0 Å². The van der Waals surface area contributed by atoms with E-state index in [1.807, 2.05) is 0 Å². The summed E-state index contributed by atoms with van der Waals surface area (Å²) in [7, 11) is 0. The summed E-state index contributed by atoms with van der Waals surface area (Å²) >= 11 is 0. The van der Waals surface area contributed by atoms with Gasteiger partial charge in [-0.2, -0.15) is 0 Å². The maximum Gasteiger partial charge on any atom is 0.133 e.